The number of aldehydes is 1. The molecule has 3 rings (SSSR count). The molecule has 0 spiro atoms. The maximum absolute atomic E-state index is 12.2. The molecule has 5 heteroatoms. The maximum Gasteiger partial charge on any atom is 0.408 e. The van der Waals surface area contributed by atoms with Gasteiger partial charge in [0.25, 0.3) is 0 Å². The Morgan fingerprint density at radius 1 is 1.18 bits per heavy atom. The molecule has 0 bridgehead atoms. The van der Waals surface area contributed by atoms with E-state index in [-0.39, 0.29) is 5.54 Å². The first kappa shape index (κ1) is 19.6. The van der Waals surface area contributed by atoms with Gasteiger partial charge in [-0.2, -0.15) is 0 Å². The van der Waals surface area contributed by atoms with Gasteiger partial charge in [-0.1, -0.05) is 24.0 Å². The monoisotopic (exact) mass is 376 g/mol. The fourth-order valence-electron chi connectivity index (χ4n) is 3.14. The summed E-state index contributed by atoms with van der Waals surface area (Å²) in [5.41, 5.74) is 2.11. The van der Waals surface area contributed by atoms with E-state index in [2.05, 4.69) is 22.1 Å². The molecule has 0 radical (unpaired) electrons. The number of nitrogens with one attached hydrogen (secondary N) is 1. The molecule has 1 aromatic carbocycles. The number of nitrogens with zero attached hydrogens (tertiary/aromatic N) is 1. The molecular formula is C23H24N2O3. The van der Waals surface area contributed by atoms with Crippen molar-refractivity contribution in [3.05, 3.63) is 65.0 Å². The molecular weight excluding hydrogens is 352 g/mol. The summed E-state index contributed by atoms with van der Waals surface area (Å²) in [6, 6.07) is 9.57. The molecule has 0 saturated heterocycles. The van der Waals surface area contributed by atoms with Gasteiger partial charge in [-0.3, -0.25) is 9.78 Å². The molecule has 1 heterocycles. The predicted octanol–water partition coefficient (Wildman–Crippen LogP) is 4.20. The van der Waals surface area contributed by atoms with Gasteiger partial charge in [0, 0.05) is 29.1 Å². The van der Waals surface area contributed by atoms with Gasteiger partial charge in [-0.25, -0.2) is 4.79 Å². The van der Waals surface area contributed by atoms with Gasteiger partial charge in [0.1, 0.15) is 5.60 Å². The third kappa shape index (κ3) is 4.58. The molecule has 1 N–H and O–H groups in total. The summed E-state index contributed by atoms with van der Waals surface area (Å²) in [5.74, 6) is 6.09. The van der Waals surface area contributed by atoms with Gasteiger partial charge in [-0.15, -0.1) is 0 Å². The topological polar surface area (TPSA) is 68.3 Å². The van der Waals surface area contributed by atoms with Crippen molar-refractivity contribution in [1.29, 1.82) is 0 Å². The minimum absolute atomic E-state index is 0.371. The molecule has 1 aliphatic rings. The van der Waals surface area contributed by atoms with Gasteiger partial charge >= 0.3 is 6.09 Å². The molecule has 0 unspecified atom stereocenters. The van der Waals surface area contributed by atoms with Crippen LogP contribution in [-0.4, -0.2) is 23.0 Å². The largest absolute Gasteiger partial charge is 0.444 e. The van der Waals surface area contributed by atoms with Gasteiger partial charge in [0.2, 0.25) is 0 Å². The normalized spacial score (nSPS) is 14.8. The second kappa shape index (κ2) is 7.85. The Morgan fingerprint density at radius 3 is 2.46 bits per heavy atom. The van der Waals surface area contributed by atoms with Crippen LogP contribution < -0.4 is 5.32 Å². The summed E-state index contributed by atoms with van der Waals surface area (Å²) in [6.07, 6.45) is 6.31. The first-order valence-electron chi connectivity index (χ1n) is 9.34. The van der Waals surface area contributed by atoms with Crippen LogP contribution in [0.4, 0.5) is 4.79 Å². The van der Waals surface area contributed by atoms with Crippen molar-refractivity contribution in [2.75, 3.05) is 0 Å². The van der Waals surface area contributed by atoms with Gasteiger partial charge in [0.15, 0.2) is 6.29 Å². The predicted molar refractivity (Wildman–Crippen MR) is 107 cm³/mol. The van der Waals surface area contributed by atoms with Crippen LogP contribution in [0.25, 0.3) is 0 Å². The molecule has 0 aliphatic heterocycles. The standard InChI is InChI=1S/C23H24N2O3/c1-22(2,3)28-21(27)25-23(12-4-13-23)20-9-6-17(7-10-20)5-8-18-11-14-24-15-19(18)16-26/h6-7,9-11,14-16H,4,12-13H2,1-3H3,(H,25,27). The molecule has 28 heavy (non-hydrogen) atoms. The number of hydrogen-bond donors (Lipinski definition) is 1. The molecule has 1 amide bonds. The lowest BCUT2D eigenvalue weighted by molar-refractivity contribution is 0.0377. The van der Waals surface area contributed by atoms with Crippen LogP contribution in [0.3, 0.4) is 0 Å². The lowest BCUT2D eigenvalue weighted by Gasteiger charge is -2.43. The molecule has 1 aliphatic carbocycles. The second-order valence-corrected chi connectivity index (χ2v) is 7.97. The zero-order valence-corrected chi connectivity index (χ0v) is 16.4. The third-order valence-corrected chi connectivity index (χ3v) is 4.71. The molecule has 2 aromatic rings. The highest BCUT2D eigenvalue weighted by Gasteiger charge is 2.41. The van der Waals surface area contributed by atoms with Crippen LogP contribution in [0.2, 0.25) is 0 Å². The number of carbonyl (C=O) groups excluding carboxylic acids is 2. The van der Waals surface area contributed by atoms with Crippen molar-refractivity contribution in [2.45, 2.75) is 51.2 Å². The van der Waals surface area contributed by atoms with E-state index in [1.54, 1.807) is 12.3 Å². The first-order valence-corrected chi connectivity index (χ1v) is 9.34. The zero-order chi connectivity index (χ0) is 20.2. The van der Waals surface area contributed by atoms with Crippen LogP contribution in [-0.2, 0) is 10.3 Å². The average molecular weight is 376 g/mol. The fourth-order valence-corrected chi connectivity index (χ4v) is 3.14. The summed E-state index contributed by atoms with van der Waals surface area (Å²) < 4.78 is 5.42. The highest BCUT2D eigenvalue weighted by molar-refractivity contribution is 5.78. The fraction of sp³-hybridized carbons (Fsp3) is 0.348. The van der Waals surface area contributed by atoms with E-state index in [0.29, 0.717) is 11.1 Å². The molecule has 1 saturated carbocycles. The van der Waals surface area contributed by atoms with E-state index in [4.69, 9.17) is 4.74 Å². The molecule has 1 fully saturated rings. The van der Waals surface area contributed by atoms with Gasteiger partial charge < -0.3 is 10.1 Å². The smallest absolute Gasteiger partial charge is 0.408 e. The number of rotatable bonds is 3. The van der Waals surface area contributed by atoms with E-state index in [1.165, 1.54) is 6.20 Å². The highest BCUT2D eigenvalue weighted by atomic mass is 16.6. The van der Waals surface area contributed by atoms with Crippen molar-refractivity contribution < 1.29 is 14.3 Å². The Labute approximate surface area is 165 Å². The number of benzene rings is 1. The van der Waals surface area contributed by atoms with Crippen LogP contribution in [0.1, 0.15) is 67.1 Å². The van der Waals surface area contributed by atoms with Crippen molar-refractivity contribution >= 4 is 12.4 Å². The van der Waals surface area contributed by atoms with Gasteiger partial charge in [-0.05, 0) is 63.8 Å². The number of ether oxygens (including phenoxy) is 1. The van der Waals surface area contributed by atoms with Crippen molar-refractivity contribution in [2.24, 2.45) is 0 Å². The number of carbonyl (C=O) groups is 2. The van der Waals surface area contributed by atoms with Gasteiger partial charge in [0.05, 0.1) is 5.54 Å². The number of hydrogen-bond acceptors (Lipinski definition) is 4. The summed E-state index contributed by atoms with van der Waals surface area (Å²) >= 11 is 0. The van der Waals surface area contributed by atoms with E-state index in [1.807, 2.05) is 45.0 Å². The third-order valence-electron chi connectivity index (χ3n) is 4.71. The lowest BCUT2D eigenvalue weighted by atomic mass is 9.72. The van der Waals surface area contributed by atoms with Crippen LogP contribution >= 0.6 is 0 Å². The van der Waals surface area contributed by atoms with E-state index < -0.39 is 11.7 Å². The molecule has 1 aromatic heterocycles. The summed E-state index contributed by atoms with van der Waals surface area (Å²) in [6.45, 7) is 5.56. The number of pyridine rings is 1. The Bertz CT molecular complexity index is 927. The quantitative estimate of drug-likeness (QED) is 0.644. The Balaban J connectivity index is 1.76. The van der Waals surface area contributed by atoms with Crippen molar-refractivity contribution in [1.82, 2.24) is 10.3 Å². The summed E-state index contributed by atoms with van der Waals surface area (Å²) in [5, 5.41) is 3.05. The van der Waals surface area contributed by atoms with E-state index in [9.17, 15) is 9.59 Å². The summed E-state index contributed by atoms with van der Waals surface area (Å²) in [4.78, 5) is 27.2. The Kier molecular flexibility index (Phi) is 5.51. The minimum Gasteiger partial charge on any atom is -0.444 e. The maximum atomic E-state index is 12.2. The molecule has 144 valence electrons. The number of alkyl carbamates (subject to hydrolysis) is 1. The van der Waals surface area contributed by atoms with Crippen molar-refractivity contribution in [3.63, 3.8) is 0 Å². The first-order chi connectivity index (χ1) is 13.3. The summed E-state index contributed by atoms with van der Waals surface area (Å²) in [7, 11) is 0. The van der Waals surface area contributed by atoms with Crippen LogP contribution in [0, 0.1) is 11.8 Å². The van der Waals surface area contributed by atoms with Crippen LogP contribution in [0.5, 0.6) is 0 Å². The second-order valence-electron chi connectivity index (χ2n) is 7.97. The van der Waals surface area contributed by atoms with E-state index >= 15 is 0 Å². The Morgan fingerprint density at radius 2 is 1.89 bits per heavy atom. The molecule has 5 nitrogen and oxygen atoms in total. The van der Waals surface area contributed by atoms with Crippen molar-refractivity contribution in [3.8, 4) is 11.8 Å². The molecule has 0 atom stereocenters. The minimum atomic E-state index is -0.526. The lowest BCUT2D eigenvalue weighted by Crippen LogP contribution is -2.52. The SMILES string of the molecule is CC(C)(C)OC(=O)NC1(c2ccc(C#Cc3ccncc3C=O)cc2)CCC1. The van der Waals surface area contributed by atoms with Crippen LogP contribution in [0.15, 0.2) is 42.7 Å². The number of aromatic nitrogens is 1. The Hall–Kier alpha value is -3.13. The average Bonchev–Trinajstić information content (AvgIpc) is 2.62. The van der Waals surface area contributed by atoms with E-state index in [0.717, 1.165) is 36.7 Å². The zero-order valence-electron chi connectivity index (χ0n) is 16.4. The highest BCUT2D eigenvalue weighted by Crippen LogP contribution is 2.41. The number of amides is 1.